The molecule has 2 rings (SSSR count). The highest BCUT2D eigenvalue weighted by Gasteiger charge is 2.12. The van der Waals surface area contributed by atoms with Crippen LogP contribution in [0.2, 0.25) is 0 Å². The lowest BCUT2D eigenvalue weighted by molar-refractivity contribution is 0.0952. The lowest BCUT2D eigenvalue weighted by Crippen LogP contribution is -2.34. The largest absolute Gasteiger partial charge is 0.497 e. The zero-order valence-electron chi connectivity index (χ0n) is 10.1. The van der Waals surface area contributed by atoms with Crippen LogP contribution in [0.3, 0.4) is 0 Å². The molecule has 1 amide bonds. The van der Waals surface area contributed by atoms with Crippen molar-refractivity contribution in [1.82, 2.24) is 15.6 Å². The third-order valence-electron chi connectivity index (χ3n) is 2.54. The van der Waals surface area contributed by atoms with Crippen LogP contribution in [0, 0.1) is 0 Å². The lowest BCUT2D eigenvalue weighted by Gasteiger charge is -2.05. The molecule has 1 aromatic heterocycles. The predicted molar refractivity (Wildman–Crippen MR) is 68.5 cm³/mol. The molecule has 0 aliphatic carbocycles. The van der Waals surface area contributed by atoms with E-state index in [1.807, 2.05) is 5.43 Å². The first-order valence-electron chi connectivity index (χ1n) is 5.41. The number of methoxy groups -OCH3 is 1. The Morgan fingerprint density at radius 2 is 2.21 bits per heavy atom. The summed E-state index contributed by atoms with van der Waals surface area (Å²) in [5, 5.41) is 6.14. The SMILES string of the molecule is COc1cccc(-c2cc(C(=O)NN)c(=O)[nH]n2)c1. The molecule has 1 aromatic carbocycles. The molecule has 7 nitrogen and oxygen atoms in total. The van der Waals surface area contributed by atoms with Gasteiger partial charge in [0.15, 0.2) is 0 Å². The van der Waals surface area contributed by atoms with E-state index in [0.717, 1.165) is 0 Å². The van der Waals surface area contributed by atoms with Crippen molar-refractivity contribution in [2.45, 2.75) is 0 Å². The van der Waals surface area contributed by atoms with Crippen molar-refractivity contribution in [3.63, 3.8) is 0 Å². The number of amides is 1. The number of carbonyl (C=O) groups is 1. The fraction of sp³-hybridized carbons (Fsp3) is 0.0833. The summed E-state index contributed by atoms with van der Waals surface area (Å²) in [7, 11) is 1.55. The maximum Gasteiger partial charge on any atom is 0.277 e. The number of benzene rings is 1. The first kappa shape index (κ1) is 12.8. The molecule has 0 radical (unpaired) electrons. The number of nitrogens with two attached hydrogens (primary N) is 1. The smallest absolute Gasteiger partial charge is 0.277 e. The van der Waals surface area contributed by atoms with Crippen LogP contribution in [0.5, 0.6) is 5.75 Å². The average molecular weight is 260 g/mol. The van der Waals surface area contributed by atoms with Gasteiger partial charge in [-0.2, -0.15) is 5.10 Å². The molecule has 1 heterocycles. The van der Waals surface area contributed by atoms with Crippen LogP contribution >= 0.6 is 0 Å². The van der Waals surface area contributed by atoms with Gasteiger partial charge in [0.25, 0.3) is 11.5 Å². The number of hydrogen-bond donors (Lipinski definition) is 3. The summed E-state index contributed by atoms with van der Waals surface area (Å²) < 4.78 is 5.10. The fourth-order valence-corrected chi connectivity index (χ4v) is 1.58. The third kappa shape index (κ3) is 2.61. The summed E-state index contributed by atoms with van der Waals surface area (Å²) in [4.78, 5) is 22.9. The fourth-order valence-electron chi connectivity index (χ4n) is 1.58. The van der Waals surface area contributed by atoms with Gasteiger partial charge in [0, 0.05) is 5.56 Å². The van der Waals surface area contributed by atoms with Crippen molar-refractivity contribution < 1.29 is 9.53 Å². The minimum atomic E-state index is -0.673. The van der Waals surface area contributed by atoms with E-state index in [-0.39, 0.29) is 5.56 Å². The van der Waals surface area contributed by atoms with Gasteiger partial charge in [0.05, 0.1) is 12.8 Å². The number of ether oxygens (including phenoxy) is 1. The Bertz CT molecular complexity index is 666. The topological polar surface area (TPSA) is 110 Å². The first-order chi connectivity index (χ1) is 9.15. The molecule has 0 aliphatic rings. The van der Waals surface area contributed by atoms with Crippen LogP contribution in [0.1, 0.15) is 10.4 Å². The van der Waals surface area contributed by atoms with Gasteiger partial charge >= 0.3 is 0 Å². The van der Waals surface area contributed by atoms with Gasteiger partial charge < -0.3 is 4.74 Å². The summed E-state index contributed by atoms with van der Waals surface area (Å²) in [5.41, 5.74) is 2.36. The third-order valence-corrected chi connectivity index (χ3v) is 2.54. The molecule has 0 spiro atoms. The molecule has 0 fully saturated rings. The number of rotatable bonds is 3. The summed E-state index contributed by atoms with van der Waals surface area (Å²) in [6.07, 6.45) is 0. The molecule has 98 valence electrons. The van der Waals surface area contributed by atoms with E-state index in [9.17, 15) is 9.59 Å². The van der Waals surface area contributed by atoms with Crippen molar-refractivity contribution >= 4 is 5.91 Å². The summed E-state index contributed by atoms with van der Waals surface area (Å²) >= 11 is 0. The number of H-pyrrole nitrogens is 1. The van der Waals surface area contributed by atoms with Crippen molar-refractivity contribution in [2.24, 2.45) is 5.84 Å². The van der Waals surface area contributed by atoms with Crippen LogP contribution in [0.25, 0.3) is 11.3 Å². The monoisotopic (exact) mass is 260 g/mol. The quantitative estimate of drug-likeness (QED) is 0.410. The highest BCUT2D eigenvalue weighted by Crippen LogP contribution is 2.21. The van der Waals surface area contributed by atoms with E-state index in [0.29, 0.717) is 17.0 Å². The predicted octanol–water partition coefficient (Wildman–Crippen LogP) is 0.0490. The van der Waals surface area contributed by atoms with Crippen LogP contribution < -0.4 is 21.6 Å². The Morgan fingerprint density at radius 3 is 2.89 bits per heavy atom. The Morgan fingerprint density at radius 1 is 1.42 bits per heavy atom. The van der Waals surface area contributed by atoms with Crippen molar-refractivity contribution in [3.05, 3.63) is 46.2 Å². The van der Waals surface area contributed by atoms with E-state index in [4.69, 9.17) is 10.6 Å². The minimum absolute atomic E-state index is 0.102. The first-order valence-corrected chi connectivity index (χ1v) is 5.41. The van der Waals surface area contributed by atoms with Crippen molar-refractivity contribution in [1.29, 1.82) is 0 Å². The molecule has 19 heavy (non-hydrogen) atoms. The Balaban J connectivity index is 2.51. The maximum atomic E-state index is 11.5. The normalized spacial score (nSPS) is 10.0. The van der Waals surface area contributed by atoms with Crippen molar-refractivity contribution in [3.8, 4) is 17.0 Å². The molecule has 0 atom stereocenters. The maximum absolute atomic E-state index is 11.5. The molecule has 0 saturated heterocycles. The molecule has 0 aliphatic heterocycles. The van der Waals surface area contributed by atoms with Crippen LogP contribution in [0.4, 0.5) is 0 Å². The number of aromatic amines is 1. The Hall–Kier alpha value is -2.67. The van der Waals surface area contributed by atoms with Gasteiger partial charge in [0.1, 0.15) is 11.3 Å². The molecule has 7 heteroatoms. The highest BCUT2D eigenvalue weighted by molar-refractivity contribution is 5.94. The molecular formula is C12H12N4O3. The van der Waals surface area contributed by atoms with E-state index < -0.39 is 11.5 Å². The number of nitrogens with zero attached hydrogens (tertiary/aromatic N) is 1. The zero-order valence-corrected chi connectivity index (χ0v) is 10.1. The number of carbonyl (C=O) groups excluding carboxylic acids is 1. The molecule has 2 aromatic rings. The molecule has 0 unspecified atom stereocenters. The van der Waals surface area contributed by atoms with Crippen LogP contribution in [0.15, 0.2) is 35.1 Å². The number of nitrogen functional groups attached to an aromatic ring is 1. The molecular weight excluding hydrogens is 248 g/mol. The van der Waals surface area contributed by atoms with Gasteiger partial charge in [-0.05, 0) is 18.2 Å². The number of aromatic nitrogens is 2. The van der Waals surface area contributed by atoms with Gasteiger partial charge in [-0.15, -0.1) is 0 Å². The summed E-state index contributed by atoms with van der Waals surface area (Å²) in [5.74, 6) is 4.99. The molecule has 0 saturated carbocycles. The number of hydrazine groups is 1. The van der Waals surface area contributed by atoms with Gasteiger partial charge in [-0.1, -0.05) is 12.1 Å². The van der Waals surface area contributed by atoms with Gasteiger partial charge in [-0.25, -0.2) is 10.9 Å². The number of nitrogens with one attached hydrogen (secondary N) is 2. The van der Waals surface area contributed by atoms with Gasteiger partial charge in [0.2, 0.25) is 0 Å². The number of hydrogen-bond acceptors (Lipinski definition) is 5. The second-order valence-corrected chi connectivity index (χ2v) is 3.70. The summed E-state index contributed by atoms with van der Waals surface area (Å²) in [6.45, 7) is 0. The second kappa shape index (κ2) is 5.32. The second-order valence-electron chi connectivity index (χ2n) is 3.70. The summed E-state index contributed by atoms with van der Waals surface area (Å²) in [6, 6.07) is 8.46. The standard InChI is InChI=1S/C12H12N4O3/c1-19-8-4-2-3-7(5-8)10-6-9(11(17)14-13)12(18)16-15-10/h2-6H,13H2,1H3,(H,14,17)(H,16,18). The molecule has 0 bridgehead atoms. The average Bonchev–Trinajstić information content (AvgIpc) is 2.47. The van der Waals surface area contributed by atoms with E-state index >= 15 is 0 Å². The highest BCUT2D eigenvalue weighted by atomic mass is 16.5. The van der Waals surface area contributed by atoms with Crippen molar-refractivity contribution in [2.75, 3.05) is 7.11 Å². The minimum Gasteiger partial charge on any atom is -0.497 e. The van der Waals surface area contributed by atoms with Crippen LogP contribution in [-0.4, -0.2) is 23.2 Å². The van der Waals surface area contributed by atoms with Gasteiger partial charge in [-0.3, -0.25) is 15.0 Å². The zero-order chi connectivity index (χ0) is 13.8. The molecule has 4 N–H and O–H groups in total. The van der Waals surface area contributed by atoms with E-state index in [1.165, 1.54) is 6.07 Å². The Kier molecular flexibility index (Phi) is 3.58. The van der Waals surface area contributed by atoms with E-state index in [1.54, 1.807) is 31.4 Å². The van der Waals surface area contributed by atoms with Crippen LogP contribution in [-0.2, 0) is 0 Å². The van der Waals surface area contributed by atoms with E-state index in [2.05, 4.69) is 10.2 Å². The Labute approximate surface area is 108 Å². The lowest BCUT2D eigenvalue weighted by atomic mass is 10.1.